The first-order chi connectivity index (χ1) is 14.6. The highest BCUT2D eigenvalue weighted by Gasteiger charge is 2.28. The van der Waals surface area contributed by atoms with Gasteiger partial charge in [0.05, 0.1) is 6.04 Å². The predicted octanol–water partition coefficient (Wildman–Crippen LogP) is -0.290. The molecule has 0 heterocycles. The Morgan fingerprint density at radius 3 is 2.19 bits per heavy atom. The Morgan fingerprint density at radius 1 is 1.03 bits per heavy atom. The summed E-state index contributed by atoms with van der Waals surface area (Å²) in [5, 5.41) is 14.5. The first kappa shape index (κ1) is 25.9. The third-order valence-corrected chi connectivity index (χ3v) is 4.54. The van der Waals surface area contributed by atoms with Crippen molar-refractivity contribution in [2.75, 3.05) is 6.54 Å². The molecular formula is C21H34N6O4. The van der Waals surface area contributed by atoms with Crippen LogP contribution in [0.15, 0.2) is 35.3 Å². The lowest BCUT2D eigenvalue weighted by atomic mass is 10.0. The molecule has 0 radical (unpaired) electrons. The van der Waals surface area contributed by atoms with Gasteiger partial charge in [-0.1, -0.05) is 44.2 Å². The highest BCUT2D eigenvalue weighted by Crippen LogP contribution is 2.08. The zero-order chi connectivity index (χ0) is 23.4. The molecule has 172 valence electrons. The number of hydrogen-bond donors (Lipinski definition) is 6. The number of hydrogen-bond acceptors (Lipinski definition) is 5. The minimum Gasteiger partial charge on any atom is -0.480 e. The normalized spacial score (nSPS) is 13.7. The lowest BCUT2D eigenvalue weighted by Crippen LogP contribution is -2.55. The summed E-state index contributed by atoms with van der Waals surface area (Å²) < 4.78 is 0. The van der Waals surface area contributed by atoms with Gasteiger partial charge >= 0.3 is 5.97 Å². The van der Waals surface area contributed by atoms with Gasteiger partial charge in [-0.25, -0.2) is 4.79 Å². The largest absolute Gasteiger partial charge is 0.480 e. The van der Waals surface area contributed by atoms with Gasteiger partial charge in [0.1, 0.15) is 12.1 Å². The Kier molecular flexibility index (Phi) is 11.0. The van der Waals surface area contributed by atoms with E-state index in [-0.39, 0.29) is 31.3 Å². The van der Waals surface area contributed by atoms with E-state index in [1.54, 1.807) is 0 Å². The van der Waals surface area contributed by atoms with Crippen LogP contribution in [0.3, 0.4) is 0 Å². The van der Waals surface area contributed by atoms with Crippen LogP contribution in [-0.4, -0.2) is 53.5 Å². The number of nitrogens with one attached hydrogen (secondary N) is 2. The Labute approximate surface area is 182 Å². The molecule has 0 fully saturated rings. The second-order valence-corrected chi connectivity index (χ2v) is 7.84. The van der Waals surface area contributed by atoms with Crippen LogP contribution in [0, 0.1) is 5.92 Å². The van der Waals surface area contributed by atoms with Crippen LogP contribution in [0.2, 0.25) is 0 Å². The number of nitrogens with zero attached hydrogens (tertiary/aromatic N) is 1. The molecule has 3 atom stereocenters. The van der Waals surface area contributed by atoms with Crippen molar-refractivity contribution in [1.29, 1.82) is 0 Å². The minimum absolute atomic E-state index is 0.0654. The second kappa shape index (κ2) is 13.2. The third-order valence-electron chi connectivity index (χ3n) is 4.54. The summed E-state index contributed by atoms with van der Waals surface area (Å²) in [6, 6.07) is 6.40. The van der Waals surface area contributed by atoms with E-state index < -0.39 is 35.9 Å². The van der Waals surface area contributed by atoms with Crippen LogP contribution in [0.25, 0.3) is 0 Å². The molecule has 9 N–H and O–H groups in total. The molecule has 1 aromatic carbocycles. The first-order valence-corrected chi connectivity index (χ1v) is 10.3. The van der Waals surface area contributed by atoms with Crippen LogP contribution < -0.4 is 27.8 Å². The van der Waals surface area contributed by atoms with Gasteiger partial charge in [0.25, 0.3) is 0 Å². The van der Waals surface area contributed by atoms with Gasteiger partial charge in [0.15, 0.2) is 5.96 Å². The number of nitrogens with two attached hydrogens (primary N) is 3. The summed E-state index contributed by atoms with van der Waals surface area (Å²) in [5.74, 6) is -2.22. The summed E-state index contributed by atoms with van der Waals surface area (Å²) in [5.41, 5.74) is 17.5. The Bertz CT molecular complexity index is 749. The van der Waals surface area contributed by atoms with Crippen LogP contribution in [0.5, 0.6) is 0 Å². The van der Waals surface area contributed by atoms with Crippen molar-refractivity contribution in [2.24, 2.45) is 28.1 Å². The number of aliphatic imine (C=N–C) groups is 1. The molecular weight excluding hydrogens is 400 g/mol. The number of amides is 2. The van der Waals surface area contributed by atoms with E-state index in [4.69, 9.17) is 17.2 Å². The second-order valence-electron chi connectivity index (χ2n) is 7.84. The predicted molar refractivity (Wildman–Crippen MR) is 119 cm³/mol. The molecule has 2 amide bonds. The average molecular weight is 435 g/mol. The van der Waals surface area contributed by atoms with Gasteiger partial charge in [-0.3, -0.25) is 14.6 Å². The first-order valence-electron chi connectivity index (χ1n) is 10.3. The Hall–Kier alpha value is -3.14. The molecule has 10 heteroatoms. The fourth-order valence-electron chi connectivity index (χ4n) is 2.98. The summed E-state index contributed by atoms with van der Waals surface area (Å²) >= 11 is 0. The number of carbonyl (C=O) groups excluding carboxylic acids is 2. The molecule has 0 unspecified atom stereocenters. The lowest BCUT2D eigenvalue weighted by Gasteiger charge is -2.23. The summed E-state index contributed by atoms with van der Waals surface area (Å²) in [6.45, 7) is 3.99. The zero-order valence-electron chi connectivity index (χ0n) is 18.1. The number of guanidine groups is 1. The number of carboxylic acid groups (broad SMARTS) is 1. The monoisotopic (exact) mass is 434 g/mol. The molecule has 0 spiro atoms. The number of rotatable bonds is 13. The van der Waals surface area contributed by atoms with Crippen molar-refractivity contribution in [3.05, 3.63) is 35.9 Å². The van der Waals surface area contributed by atoms with Crippen LogP contribution >= 0.6 is 0 Å². The van der Waals surface area contributed by atoms with E-state index in [2.05, 4.69) is 15.6 Å². The smallest absolute Gasteiger partial charge is 0.326 e. The van der Waals surface area contributed by atoms with Crippen molar-refractivity contribution < 1.29 is 19.5 Å². The average Bonchev–Trinajstić information content (AvgIpc) is 2.69. The molecule has 1 aromatic rings. The quantitative estimate of drug-likeness (QED) is 0.140. The Balaban J connectivity index is 2.83. The van der Waals surface area contributed by atoms with Crippen LogP contribution in [-0.2, 0) is 20.8 Å². The molecule has 1 rings (SSSR count). The lowest BCUT2D eigenvalue weighted by molar-refractivity contribution is -0.142. The van der Waals surface area contributed by atoms with Gasteiger partial charge in [-0.2, -0.15) is 0 Å². The molecule has 0 bridgehead atoms. The van der Waals surface area contributed by atoms with E-state index in [0.717, 1.165) is 5.56 Å². The standard InChI is InChI=1S/C21H34N6O4/c1-13(2)11-17(20(30)31)27-19(29)16(9-6-10-25-21(23)24)26-18(28)15(22)12-14-7-4-3-5-8-14/h3-5,7-8,13,15-17H,6,9-12,22H2,1-2H3,(H,26,28)(H,27,29)(H,30,31)(H4,23,24,25)/t15-,16-,17-/m0/s1. The van der Waals surface area contributed by atoms with Crippen LogP contribution in [0.4, 0.5) is 0 Å². The van der Waals surface area contributed by atoms with Crippen molar-refractivity contribution >= 4 is 23.7 Å². The number of carboxylic acids is 1. The summed E-state index contributed by atoms with van der Waals surface area (Å²) in [6.07, 6.45) is 1.20. The summed E-state index contributed by atoms with van der Waals surface area (Å²) in [4.78, 5) is 40.7. The van der Waals surface area contributed by atoms with Crippen molar-refractivity contribution in [1.82, 2.24) is 10.6 Å². The number of benzene rings is 1. The highest BCUT2D eigenvalue weighted by molar-refractivity contribution is 5.91. The SMILES string of the molecule is CC(C)C[C@H](NC(=O)[C@H](CCCN=C(N)N)NC(=O)[C@@H](N)Cc1ccccc1)C(=O)O. The number of aliphatic carboxylic acids is 1. The maximum absolute atomic E-state index is 12.8. The van der Waals surface area contributed by atoms with Crippen molar-refractivity contribution in [3.8, 4) is 0 Å². The maximum atomic E-state index is 12.8. The zero-order valence-corrected chi connectivity index (χ0v) is 18.1. The molecule has 0 aliphatic heterocycles. The van der Waals surface area contributed by atoms with Gasteiger partial charge in [0, 0.05) is 6.54 Å². The molecule has 10 nitrogen and oxygen atoms in total. The fraction of sp³-hybridized carbons (Fsp3) is 0.524. The van der Waals surface area contributed by atoms with E-state index >= 15 is 0 Å². The summed E-state index contributed by atoms with van der Waals surface area (Å²) in [7, 11) is 0. The molecule has 0 saturated heterocycles. The van der Waals surface area contributed by atoms with E-state index in [1.807, 2.05) is 44.2 Å². The highest BCUT2D eigenvalue weighted by atomic mass is 16.4. The topological polar surface area (TPSA) is 186 Å². The van der Waals surface area contributed by atoms with Crippen molar-refractivity contribution in [3.63, 3.8) is 0 Å². The maximum Gasteiger partial charge on any atom is 0.326 e. The van der Waals surface area contributed by atoms with Crippen molar-refractivity contribution in [2.45, 2.75) is 57.7 Å². The van der Waals surface area contributed by atoms with Crippen LogP contribution in [0.1, 0.15) is 38.7 Å². The molecule has 0 aliphatic carbocycles. The molecule has 0 aromatic heterocycles. The molecule has 31 heavy (non-hydrogen) atoms. The molecule has 0 saturated carbocycles. The Morgan fingerprint density at radius 2 is 1.65 bits per heavy atom. The van der Waals surface area contributed by atoms with E-state index in [9.17, 15) is 19.5 Å². The van der Waals surface area contributed by atoms with Gasteiger partial charge in [-0.05, 0) is 37.2 Å². The third kappa shape index (κ3) is 10.4. The van der Waals surface area contributed by atoms with E-state index in [0.29, 0.717) is 12.8 Å². The molecule has 0 aliphatic rings. The number of carbonyl (C=O) groups is 3. The minimum atomic E-state index is -1.13. The van der Waals surface area contributed by atoms with Gasteiger partial charge in [0.2, 0.25) is 11.8 Å². The van der Waals surface area contributed by atoms with Gasteiger partial charge in [-0.15, -0.1) is 0 Å². The fourth-order valence-corrected chi connectivity index (χ4v) is 2.98. The van der Waals surface area contributed by atoms with E-state index in [1.165, 1.54) is 0 Å². The van der Waals surface area contributed by atoms with Gasteiger partial charge < -0.3 is 32.9 Å².